The minimum Gasteiger partial charge on any atom is -0.449 e. The number of likely N-dealkylation sites (N-methyl/N-ethyl adjacent to an activating group) is 1. The van der Waals surface area contributed by atoms with E-state index < -0.39 is 6.09 Å². The van der Waals surface area contributed by atoms with Crippen LogP contribution in [-0.2, 0) is 4.74 Å². The van der Waals surface area contributed by atoms with Crippen LogP contribution in [0.3, 0.4) is 0 Å². The number of carbonyl (C=O) groups is 2. The third kappa shape index (κ3) is 9.74. The van der Waals surface area contributed by atoms with Crippen molar-refractivity contribution in [2.45, 2.75) is 59.3 Å². The summed E-state index contributed by atoms with van der Waals surface area (Å²) in [6.07, 6.45) is 6.31. The van der Waals surface area contributed by atoms with Gasteiger partial charge in [-0.25, -0.2) is 4.79 Å². The number of nitrogens with one attached hydrogen (secondary N) is 2. The molecule has 0 unspecified atom stereocenters. The van der Waals surface area contributed by atoms with Crippen LogP contribution < -0.4 is 10.6 Å². The summed E-state index contributed by atoms with van der Waals surface area (Å²) in [7, 11) is 0. The van der Waals surface area contributed by atoms with Crippen LogP contribution in [0.4, 0.5) is 10.5 Å². The molecule has 2 amide bonds. The lowest BCUT2D eigenvalue weighted by Gasteiger charge is -2.18. The number of benzene rings is 1. The number of hydrogen-bond donors (Lipinski definition) is 2. The fourth-order valence-corrected chi connectivity index (χ4v) is 2.95. The van der Waals surface area contributed by atoms with Crippen molar-refractivity contribution in [1.82, 2.24) is 10.2 Å². The number of rotatable bonds is 14. The van der Waals surface area contributed by atoms with Crippen LogP contribution in [0.2, 0.25) is 0 Å². The Morgan fingerprint density at radius 2 is 1.64 bits per heavy atom. The third-order valence-electron chi connectivity index (χ3n) is 4.75. The monoisotopic (exact) mass is 391 g/mol. The Bertz CT molecular complexity index is 574. The van der Waals surface area contributed by atoms with Crippen LogP contribution in [0.25, 0.3) is 0 Å². The summed E-state index contributed by atoms with van der Waals surface area (Å²) in [5.41, 5.74) is 0.911. The van der Waals surface area contributed by atoms with Crippen molar-refractivity contribution in [1.29, 1.82) is 0 Å². The molecule has 1 rings (SSSR count). The van der Waals surface area contributed by atoms with Crippen molar-refractivity contribution >= 4 is 17.7 Å². The van der Waals surface area contributed by atoms with Gasteiger partial charge in [0.2, 0.25) is 0 Å². The molecular weight excluding hydrogens is 354 g/mol. The Kier molecular flexibility index (Phi) is 12.8. The molecule has 0 aliphatic heterocycles. The molecule has 0 atom stereocenters. The van der Waals surface area contributed by atoms with Crippen LogP contribution in [0, 0.1) is 0 Å². The Balaban J connectivity index is 2.41. The van der Waals surface area contributed by atoms with Gasteiger partial charge in [-0.3, -0.25) is 10.1 Å². The number of hydrogen-bond acceptors (Lipinski definition) is 4. The van der Waals surface area contributed by atoms with E-state index in [1.54, 1.807) is 24.3 Å². The molecule has 28 heavy (non-hydrogen) atoms. The molecule has 0 bridgehead atoms. The normalized spacial score (nSPS) is 10.7. The zero-order valence-electron chi connectivity index (χ0n) is 17.8. The summed E-state index contributed by atoms with van der Waals surface area (Å²) >= 11 is 0. The second kappa shape index (κ2) is 14.9. The molecule has 0 heterocycles. The highest BCUT2D eigenvalue weighted by atomic mass is 16.5. The van der Waals surface area contributed by atoms with Gasteiger partial charge in [0.25, 0.3) is 5.91 Å². The molecule has 1 aromatic carbocycles. The maximum Gasteiger partial charge on any atom is 0.411 e. The first-order valence-electron chi connectivity index (χ1n) is 10.7. The van der Waals surface area contributed by atoms with Gasteiger partial charge in [0.05, 0.1) is 17.9 Å². The van der Waals surface area contributed by atoms with Crippen molar-refractivity contribution in [3.63, 3.8) is 0 Å². The summed E-state index contributed by atoms with van der Waals surface area (Å²) in [6, 6.07) is 6.99. The smallest absolute Gasteiger partial charge is 0.411 e. The average Bonchev–Trinajstić information content (AvgIpc) is 2.71. The Morgan fingerprint density at radius 3 is 2.36 bits per heavy atom. The van der Waals surface area contributed by atoms with Gasteiger partial charge in [-0.1, -0.05) is 65.0 Å². The van der Waals surface area contributed by atoms with E-state index in [0.29, 0.717) is 24.4 Å². The maximum absolute atomic E-state index is 12.5. The molecule has 0 fully saturated rings. The molecule has 0 aliphatic carbocycles. The predicted molar refractivity (Wildman–Crippen MR) is 115 cm³/mol. The van der Waals surface area contributed by atoms with E-state index in [2.05, 4.69) is 36.3 Å². The summed E-state index contributed by atoms with van der Waals surface area (Å²) < 4.78 is 5.24. The molecule has 0 aromatic heterocycles. The summed E-state index contributed by atoms with van der Waals surface area (Å²) in [4.78, 5) is 26.7. The van der Waals surface area contributed by atoms with Crippen LogP contribution in [0.1, 0.15) is 69.7 Å². The molecule has 0 saturated heterocycles. The molecule has 0 aliphatic rings. The predicted octanol–water partition coefficient (Wildman–Crippen LogP) is 4.67. The molecule has 0 radical (unpaired) electrons. The fraction of sp³-hybridized carbons (Fsp3) is 0.636. The van der Waals surface area contributed by atoms with Crippen molar-refractivity contribution in [2.75, 3.05) is 38.1 Å². The van der Waals surface area contributed by atoms with Gasteiger partial charge in [-0.15, -0.1) is 0 Å². The Labute approximate surface area is 170 Å². The Morgan fingerprint density at radius 1 is 0.964 bits per heavy atom. The minimum atomic E-state index is -0.517. The van der Waals surface area contributed by atoms with Gasteiger partial charge in [-0.2, -0.15) is 0 Å². The van der Waals surface area contributed by atoms with Crippen molar-refractivity contribution in [3.05, 3.63) is 29.8 Å². The number of ether oxygens (including phenoxy) is 1. The molecule has 0 saturated carbocycles. The molecule has 1 aromatic rings. The van der Waals surface area contributed by atoms with Crippen LogP contribution in [0.15, 0.2) is 24.3 Å². The number of para-hydroxylation sites is 1. The number of unbranched alkanes of at least 4 members (excludes halogenated alkanes) is 5. The first-order chi connectivity index (χ1) is 13.6. The first-order valence-corrected chi connectivity index (χ1v) is 10.7. The van der Waals surface area contributed by atoms with Gasteiger partial charge in [0, 0.05) is 13.1 Å². The zero-order valence-corrected chi connectivity index (χ0v) is 17.8. The largest absolute Gasteiger partial charge is 0.449 e. The van der Waals surface area contributed by atoms with Gasteiger partial charge in [-0.05, 0) is 31.6 Å². The van der Waals surface area contributed by atoms with E-state index in [0.717, 1.165) is 32.5 Å². The lowest BCUT2D eigenvalue weighted by Crippen LogP contribution is -2.35. The minimum absolute atomic E-state index is 0.195. The first kappa shape index (κ1) is 24.0. The quantitative estimate of drug-likeness (QED) is 0.452. The SMILES string of the molecule is CCCCCCCCOC(=O)Nc1ccccc1C(=O)NCCN(CC)CC. The zero-order chi connectivity index (χ0) is 20.6. The summed E-state index contributed by atoms with van der Waals surface area (Å²) in [6.45, 7) is 10.1. The van der Waals surface area contributed by atoms with Crippen LogP contribution >= 0.6 is 0 Å². The third-order valence-corrected chi connectivity index (χ3v) is 4.75. The second-order valence-electron chi connectivity index (χ2n) is 6.86. The van der Waals surface area contributed by atoms with E-state index in [-0.39, 0.29) is 5.91 Å². The fourth-order valence-electron chi connectivity index (χ4n) is 2.95. The van der Waals surface area contributed by atoms with E-state index in [9.17, 15) is 9.59 Å². The number of nitrogens with zero attached hydrogens (tertiary/aromatic N) is 1. The van der Waals surface area contributed by atoms with E-state index >= 15 is 0 Å². The van der Waals surface area contributed by atoms with E-state index in [4.69, 9.17) is 4.74 Å². The lowest BCUT2D eigenvalue weighted by molar-refractivity contribution is 0.0950. The maximum atomic E-state index is 12.5. The van der Waals surface area contributed by atoms with Crippen molar-refractivity contribution < 1.29 is 14.3 Å². The lowest BCUT2D eigenvalue weighted by atomic mass is 10.1. The number of amides is 2. The van der Waals surface area contributed by atoms with Crippen LogP contribution in [0.5, 0.6) is 0 Å². The van der Waals surface area contributed by atoms with Gasteiger partial charge in [0.1, 0.15) is 0 Å². The molecular formula is C22H37N3O3. The van der Waals surface area contributed by atoms with Crippen LogP contribution in [-0.4, -0.2) is 49.7 Å². The number of anilines is 1. The van der Waals surface area contributed by atoms with E-state index in [1.165, 1.54) is 25.7 Å². The molecule has 6 nitrogen and oxygen atoms in total. The van der Waals surface area contributed by atoms with Crippen molar-refractivity contribution in [3.8, 4) is 0 Å². The topological polar surface area (TPSA) is 70.7 Å². The van der Waals surface area contributed by atoms with Crippen molar-refractivity contribution in [2.24, 2.45) is 0 Å². The second-order valence-corrected chi connectivity index (χ2v) is 6.86. The van der Waals surface area contributed by atoms with Gasteiger partial charge < -0.3 is 15.0 Å². The highest BCUT2D eigenvalue weighted by molar-refractivity contribution is 6.02. The Hall–Kier alpha value is -2.08. The van der Waals surface area contributed by atoms with E-state index in [1.807, 2.05) is 0 Å². The standard InChI is InChI=1S/C22H37N3O3/c1-4-7-8-9-10-13-18-28-22(27)24-20-15-12-11-14-19(20)21(26)23-16-17-25(5-2)6-3/h11-12,14-15H,4-10,13,16-18H2,1-3H3,(H,23,26)(H,24,27). The highest BCUT2D eigenvalue weighted by Gasteiger charge is 2.13. The number of carbonyl (C=O) groups excluding carboxylic acids is 2. The highest BCUT2D eigenvalue weighted by Crippen LogP contribution is 2.15. The molecule has 2 N–H and O–H groups in total. The molecule has 6 heteroatoms. The van der Waals surface area contributed by atoms with Gasteiger partial charge in [0.15, 0.2) is 0 Å². The van der Waals surface area contributed by atoms with Gasteiger partial charge >= 0.3 is 6.09 Å². The average molecular weight is 392 g/mol. The molecule has 0 spiro atoms. The summed E-state index contributed by atoms with van der Waals surface area (Å²) in [5.74, 6) is -0.195. The molecule has 158 valence electrons. The summed E-state index contributed by atoms with van der Waals surface area (Å²) in [5, 5.41) is 5.61.